The lowest BCUT2D eigenvalue weighted by molar-refractivity contribution is -0.146. The van der Waals surface area contributed by atoms with Gasteiger partial charge in [0.25, 0.3) is 0 Å². The van der Waals surface area contributed by atoms with E-state index < -0.39 is 12.7 Å². The Morgan fingerprint density at radius 2 is 1.94 bits per heavy atom. The fourth-order valence-corrected chi connectivity index (χ4v) is 1.56. The van der Waals surface area contributed by atoms with E-state index in [4.69, 9.17) is 5.11 Å². The third-order valence-corrected chi connectivity index (χ3v) is 2.48. The van der Waals surface area contributed by atoms with Crippen molar-refractivity contribution in [2.24, 2.45) is 0 Å². The molecule has 0 bridgehead atoms. The van der Waals surface area contributed by atoms with Crippen LogP contribution in [0.25, 0.3) is 0 Å². The molecule has 0 unspecified atom stereocenters. The standard InChI is InChI=1S/C10H19F3N2O/c11-10(12,13)8-15(6-7-16)5-1-4-14-9-2-3-9/h9,14,16H,1-8H2. The molecule has 0 amide bonds. The van der Waals surface area contributed by atoms with E-state index in [1.807, 2.05) is 0 Å². The van der Waals surface area contributed by atoms with Crippen molar-refractivity contribution in [1.29, 1.82) is 0 Å². The average molecular weight is 240 g/mol. The van der Waals surface area contributed by atoms with Gasteiger partial charge in [-0.15, -0.1) is 0 Å². The zero-order valence-corrected chi connectivity index (χ0v) is 9.26. The van der Waals surface area contributed by atoms with Crippen LogP contribution in [-0.4, -0.2) is 55.0 Å². The Hall–Kier alpha value is -0.330. The second kappa shape index (κ2) is 6.42. The number of halogens is 3. The molecule has 0 saturated heterocycles. The van der Waals surface area contributed by atoms with E-state index in [2.05, 4.69) is 5.32 Å². The van der Waals surface area contributed by atoms with Crippen molar-refractivity contribution in [3.8, 4) is 0 Å². The van der Waals surface area contributed by atoms with Gasteiger partial charge < -0.3 is 10.4 Å². The second-order valence-electron chi connectivity index (χ2n) is 4.20. The third-order valence-electron chi connectivity index (χ3n) is 2.48. The Balaban J connectivity index is 2.10. The minimum absolute atomic E-state index is 0.0862. The summed E-state index contributed by atoms with van der Waals surface area (Å²) in [6.45, 7) is 0.0519. The van der Waals surface area contributed by atoms with Crippen molar-refractivity contribution in [1.82, 2.24) is 10.2 Å². The molecule has 0 aromatic carbocycles. The monoisotopic (exact) mass is 240 g/mol. The van der Waals surface area contributed by atoms with Gasteiger partial charge in [-0.3, -0.25) is 4.90 Å². The summed E-state index contributed by atoms with van der Waals surface area (Å²) in [6.07, 6.45) is -1.13. The van der Waals surface area contributed by atoms with Crippen molar-refractivity contribution in [2.45, 2.75) is 31.5 Å². The van der Waals surface area contributed by atoms with Gasteiger partial charge in [0.1, 0.15) is 0 Å². The van der Waals surface area contributed by atoms with Gasteiger partial charge in [-0.2, -0.15) is 13.2 Å². The average Bonchev–Trinajstić information content (AvgIpc) is 2.93. The van der Waals surface area contributed by atoms with Crippen molar-refractivity contribution >= 4 is 0 Å². The molecule has 16 heavy (non-hydrogen) atoms. The molecule has 1 rings (SSSR count). The molecule has 0 heterocycles. The molecule has 0 atom stereocenters. The largest absolute Gasteiger partial charge is 0.401 e. The number of alkyl halides is 3. The molecule has 6 heteroatoms. The van der Waals surface area contributed by atoms with Gasteiger partial charge in [-0.25, -0.2) is 0 Å². The van der Waals surface area contributed by atoms with Crippen LogP contribution in [0.1, 0.15) is 19.3 Å². The van der Waals surface area contributed by atoms with Crippen molar-refractivity contribution in [2.75, 3.05) is 32.8 Å². The first-order valence-corrected chi connectivity index (χ1v) is 5.64. The molecule has 0 aromatic heterocycles. The number of nitrogens with one attached hydrogen (secondary N) is 1. The van der Waals surface area contributed by atoms with Crippen LogP contribution in [0.2, 0.25) is 0 Å². The zero-order valence-electron chi connectivity index (χ0n) is 9.26. The Morgan fingerprint density at radius 3 is 2.44 bits per heavy atom. The van der Waals surface area contributed by atoms with Gasteiger partial charge in [0.05, 0.1) is 13.2 Å². The van der Waals surface area contributed by atoms with Crippen LogP contribution >= 0.6 is 0 Å². The molecule has 3 nitrogen and oxygen atoms in total. The molecular formula is C10H19F3N2O. The van der Waals surface area contributed by atoms with Crippen LogP contribution in [0.4, 0.5) is 13.2 Å². The lowest BCUT2D eigenvalue weighted by atomic mass is 10.3. The Morgan fingerprint density at radius 1 is 1.25 bits per heavy atom. The summed E-state index contributed by atoms with van der Waals surface area (Å²) in [7, 11) is 0. The SMILES string of the molecule is OCCN(CCCNC1CC1)CC(F)(F)F. The summed E-state index contributed by atoms with van der Waals surface area (Å²) in [4.78, 5) is 1.24. The van der Waals surface area contributed by atoms with E-state index in [9.17, 15) is 13.2 Å². The number of nitrogens with zero attached hydrogens (tertiary/aromatic N) is 1. The van der Waals surface area contributed by atoms with Crippen LogP contribution in [-0.2, 0) is 0 Å². The summed E-state index contributed by atoms with van der Waals surface area (Å²) in [6, 6.07) is 0.592. The number of hydrogen-bond donors (Lipinski definition) is 2. The highest BCUT2D eigenvalue weighted by Gasteiger charge is 2.30. The first kappa shape index (κ1) is 13.7. The van der Waals surface area contributed by atoms with Gasteiger partial charge in [-0.1, -0.05) is 0 Å². The predicted octanol–water partition coefficient (Wildman–Crippen LogP) is 0.985. The van der Waals surface area contributed by atoms with Gasteiger partial charge in [0, 0.05) is 12.6 Å². The summed E-state index contributed by atoms with van der Waals surface area (Å²) < 4.78 is 36.4. The highest BCUT2D eigenvalue weighted by Crippen LogP contribution is 2.18. The van der Waals surface area contributed by atoms with E-state index in [0.717, 1.165) is 6.54 Å². The molecule has 0 aromatic rings. The maximum atomic E-state index is 12.1. The van der Waals surface area contributed by atoms with Crippen LogP contribution < -0.4 is 5.32 Å². The third kappa shape index (κ3) is 7.03. The summed E-state index contributed by atoms with van der Waals surface area (Å²) >= 11 is 0. The molecule has 96 valence electrons. The van der Waals surface area contributed by atoms with E-state index in [-0.39, 0.29) is 13.2 Å². The highest BCUT2D eigenvalue weighted by atomic mass is 19.4. The maximum absolute atomic E-state index is 12.1. The zero-order chi connectivity index (χ0) is 12.0. The summed E-state index contributed by atoms with van der Waals surface area (Å²) in [5, 5.41) is 11.9. The van der Waals surface area contributed by atoms with E-state index >= 15 is 0 Å². The van der Waals surface area contributed by atoms with Gasteiger partial charge in [0.2, 0.25) is 0 Å². The topological polar surface area (TPSA) is 35.5 Å². The molecule has 0 spiro atoms. The molecule has 0 radical (unpaired) electrons. The van der Waals surface area contributed by atoms with Gasteiger partial charge >= 0.3 is 6.18 Å². The lowest BCUT2D eigenvalue weighted by Gasteiger charge is -2.22. The van der Waals surface area contributed by atoms with Crippen LogP contribution in [0, 0.1) is 0 Å². The fourth-order valence-electron chi connectivity index (χ4n) is 1.56. The first-order chi connectivity index (χ1) is 7.51. The minimum atomic E-state index is -4.18. The van der Waals surface area contributed by atoms with Crippen molar-refractivity contribution in [3.05, 3.63) is 0 Å². The quantitative estimate of drug-likeness (QED) is 0.621. The number of aliphatic hydroxyl groups is 1. The van der Waals surface area contributed by atoms with Gasteiger partial charge in [-0.05, 0) is 32.4 Å². The smallest absolute Gasteiger partial charge is 0.395 e. The molecule has 1 fully saturated rings. The lowest BCUT2D eigenvalue weighted by Crippen LogP contribution is -2.37. The van der Waals surface area contributed by atoms with Crippen molar-refractivity contribution < 1.29 is 18.3 Å². The van der Waals surface area contributed by atoms with Crippen molar-refractivity contribution in [3.63, 3.8) is 0 Å². The molecule has 1 aliphatic carbocycles. The van der Waals surface area contributed by atoms with E-state index in [1.165, 1.54) is 17.7 Å². The molecule has 1 aliphatic rings. The molecule has 0 aliphatic heterocycles. The van der Waals surface area contributed by atoms with Crippen LogP contribution in [0.15, 0.2) is 0 Å². The normalized spacial score (nSPS) is 17.1. The van der Waals surface area contributed by atoms with E-state index in [0.29, 0.717) is 19.0 Å². The Kier molecular flexibility index (Phi) is 5.51. The Labute approximate surface area is 93.6 Å². The Bertz CT molecular complexity index is 195. The number of rotatable bonds is 8. The molecular weight excluding hydrogens is 221 g/mol. The predicted molar refractivity (Wildman–Crippen MR) is 55.2 cm³/mol. The maximum Gasteiger partial charge on any atom is 0.401 e. The van der Waals surface area contributed by atoms with Gasteiger partial charge in [0.15, 0.2) is 0 Å². The molecule has 2 N–H and O–H groups in total. The number of aliphatic hydroxyl groups excluding tert-OH is 1. The minimum Gasteiger partial charge on any atom is -0.395 e. The molecule has 1 saturated carbocycles. The fraction of sp³-hybridized carbons (Fsp3) is 1.00. The van der Waals surface area contributed by atoms with Crippen LogP contribution in [0.3, 0.4) is 0 Å². The first-order valence-electron chi connectivity index (χ1n) is 5.64. The number of hydrogen-bond acceptors (Lipinski definition) is 3. The summed E-state index contributed by atoms with van der Waals surface area (Å²) in [5.74, 6) is 0. The summed E-state index contributed by atoms with van der Waals surface area (Å²) in [5.41, 5.74) is 0. The van der Waals surface area contributed by atoms with Crippen LogP contribution in [0.5, 0.6) is 0 Å². The second-order valence-corrected chi connectivity index (χ2v) is 4.20. The highest BCUT2D eigenvalue weighted by molar-refractivity contribution is 4.80. The van der Waals surface area contributed by atoms with E-state index in [1.54, 1.807) is 0 Å².